The highest BCUT2D eigenvalue weighted by Crippen LogP contribution is 2.52. The van der Waals surface area contributed by atoms with E-state index in [0.29, 0.717) is 6.42 Å². The maximum Gasteiger partial charge on any atom is 0.277 e. The van der Waals surface area contributed by atoms with E-state index in [4.69, 9.17) is 4.84 Å². The summed E-state index contributed by atoms with van der Waals surface area (Å²) >= 11 is 1.52. The van der Waals surface area contributed by atoms with Gasteiger partial charge in [-0.15, -0.1) is 0 Å². The Labute approximate surface area is 158 Å². The largest absolute Gasteiger partial charge is 0.382 e. The Balaban J connectivity index is 1.56. The monoisotopic (exact) mass is 366 g/mol. The van der Waals surface area contributed by atoms with Crippen LogP contribution >= 0.6 is 11.9 Å². The molecule has 0 radical (unpaired) electrons. The van der Waals surface area contributed by atoms with Crippen LogP contribution in [0.15, 0.2) is 64.6 Å². The number of fused-ring (bicyclic) bond motifs is 1. The molecule has 0 N–H and O–H groups in total. The van der Waals surface area contributed by atoms with Crippen LogP contribution in [0.2, 0.25) is 0 Å². The minimum Gasteiger partial charge on any atom is -0.382 e. The summed E-state index contributed by atoms with van der Waals surface area (Å²) in [6.45, 7) is 6.51. The standard InChI is InChI=1S/C21H22N2O2S/c1-21(2,3)19-15-11-7-8-12-18(15)26-23(19)20(24)17-13-16(22-25-17)14-9-5-4-6-10-14/h4-12,17,19H,13H2,1-3H3/t17?,19-/m1/s1. The molecule has 0 fully saturated rings. The van der Waals surface area contributed by atoms with Crippen molar-refractivity contribution in [2.24, 2.45) is 10.6 Å². The van der Waals surface area contributed by atoms with Crippen molar-refractivity contribution in [3.63, 3.8) is 0 Å². The van der Waals surface area contributed by atoms with Crippen molar-refractivity contribution >= 4 is 23.6 Å². The van der Waals surface area contributed by atoms with Crippen molar-refractivity contribution in [3.8, 4) is 0 Å². The number of oxime groups is 1. The van der Waals surface area contributed by atoms with E-state index in [1.165, 1.54) is 17.5 Å². The van der Waals surface area contributed by atoms with Crippen molar-refractivity contribution in [2.45, 2.75) is 44.2 Å². The summed E-state index contributed by atoms with van der Waals surface area (Å²) in [6, 6.07) is 18.2. The Bertz CT molecular complexity index is 858. The Hall–Kier alpha value is -2.27. The summed E-state index contributed by atoms with van der Waals surface area (Å²) in [5, 5.41) is 4.18. The Morgan fingerprint density at radius 2 is 1.81 bits per heavy atom. The van der Waals surface area contributed by atoms with Crippen LogP contribution in [-0.4, -0.2) is 22.0 Å². The zero-order valence-corrected chi connectivity index (χ0v) is 16.0. The van der Waals surface area contributed by atoms with Gasteiger partial charge in [0, 0.05) is 11.3 Å². The zero-order chi connectivity index (χ0) is 18.3. The second-order valence-electron chi connectivity index (χ2n) is 7.76. The summed E-state index contributed by atoms with van der Waals surface area (Å²) in [7, 11) is 0. The third kappa shape index (κ3) is 3.01. The number of amides is 1. The minimum absolute atomic E-state index is 0.0131. The number of carbonyl (C=O) groups is 1. The third-order valence-electron chi connectivity index (χ3n) is 4.73. The van der Waals surface area contributed by atoms with Gasteiger partial charge in [-0.25, -0.2) is 0 Å². The van der Waals surface area contributed by atoms with Crippen molar-refractivity contribution in [3.05, 3.63) is 65.7 Å². The van der Waals surface area contributed by atoms with Crippen LogP contribution < -0.4 is 0 Å². The van der Waals surface area contributed by atoms with Crippen LogP contribution in [-0.2, 0) is 9.63 Å². The van der Waals surface area contributed by atoms with Crippen LogP contribution in [0.5, 0.6) is 0 Å². The van der Waals surface area contributed by atoms with Gasteiger partial charge in [0.05, 0.1) is 11.8 Å². The van der Waals surface area contributed by atoms with Gasteiger partial charge < -0.3 is 4.84 Å². The molecule has 26 heavy (non-hydrogen) atoms. The molecule has 1 unspecified atom stereocenters. The lowest BCUT2D eigenvalue weighted by atomic mass is 9.82. The van der Waals surface area contributed by atoms with Crippen molar-refractivity contribution < 1.29 is 9.63 Å². The Morgan fingerprint density at radius 3 is 2.54 bits per heavy atom. The molecule has 0 bridgehead atoms. The fraction of sp³-hybridized carbons (Fsp3) is 0.333. The highest BCUT2D eigenvalue weighted by atomic mass is 32.2. The molecule has 134 valence electrons. The van der Waals surface area contributed by atoms with Gasteiger partial charge in [-0.1, -0.05) is 74.5 Å². The molecule has 2 heterocycles. The lowest BCUT2D eigenvalue weighted by Gasteiger charge is -2.35. The van der Waals surface area contributed by atoms with Gasteiger partial charge in [0.2, 0.25) is 6.10 Å². The molecule has 0 saturated carbocycles. The molecule has 4 nitrogen and oxygen atoms in total. The number of nitrogens with zero attached hydrogens (tertiary/aromatic N) is 2. The Morgan fingerprint density at radius 1 is 1.12 bits per heavy atom. The van der Waals surface area contributed by atoms with Crippen molar-refractivity contribution in [1.29, 1.82) is 0 Å². The van der Waals surface area contributed by atoms with Gasteiger partial charge in [-0.3, -0.25) is 9.10 Å². The first-order chi connectivity index (χ1) is 12.4. The Kier molecular flexibility index (Phi) is 4.27. The number of benzene rings is 2. The summed E-state index contributed by atoms with van der Waals surface area (Å²) in [5.74, 6) is -0.0131. The first kappa shape index (κ1) is 17.2. The highest BCUT2D eigenvalue weighted by molar-refractivity contribution is 7.97. The molecule has 0 aliphatic carbocycles. The van der Waals surface area contributed by atoms with E-state index in [9.17, 15) is 4.79 Å². The predicted octanol–water partition coefficient (Wildman–Crippen LogP) is 4.82. The van der Waals surface area contributed by atoms with E-state index in [-0.39, 0.29) is 17.4 Å². The molecule has 2 aliphatic rings. The van der Waals surface area contributed by atoms with Crippen LogP contribution in [0.25, 0.3) is 0 Å². The second-order valence-corrected chi connectivity index (χ2v) is 8.78. The fourth-order valence-electron chi connectivity index (χ4n) is 3.52. The van der Waals surface area contributed by atoms with Gasteiger partial charge in [0.1, 0.15) is 0 Å². The predicted molar refractivity (Wildman–Crippen MR) is 104 cm³/mol. The molecular formula is C21H22N2O2S. The van der Waals surface area contributed by atoms with E-state index in [2.05, 4.69) is 38.1 Å². The van der Waals surface area contributed by atoms with E-state index >= 15 is 0 Å². The molecule has 2 aliphatic heterocycles. The maximum atomic E-state index is 13.3. The second kappa shape index (κ2) is 6.47. The lowest BCUT2D eigenvalue weighted by molar-refractivity contribution is -0.139. The molecule has 2 aromatic rings. The van der Waals surface area contributed by atoms with Crippen molar-refractivity contribution in [1.82, 2.24) is 4.31 Å². The lowest BCUT2D eigenvalue weighted by Crippen LogP contribution is -2.39. The molecule has 0 saturated heterocycles. The molecule has 4 rings (SSSR count). The molecule has 1 amide bonds. The smallest absolute Gasteiger partial charge is 0.277 e. The summed E-state index contributed by atoms with van der Waals surface area (Å²) < 4.78 is 1.89. The number of rotatable bonds is 2. The first-order valence-electron chi connectivity index (χ1n) is 8.83. The molecular weight excluding hydrogens is 344 g/mol. The fourth-order valence-corrected chi connectivity index (χ4v) is 4.90. The molecule has 2 atom stereocenters. The van der Waals surface area contributed by atoms with Gasteiger partial charge in [-0.2, -0.15) is 0 Å². The average Bonchev–Trinajstić information content (AvgIpc) is 3.26. The summed E-state index contributed by atoms with van der Waals surface area (Å²) in [5.41, 5.74) is 2.97. The van der Waals surface area contributed by atoms with E-state index in [0.717, 1.165) is 16.2 Å². The van der Waals surface area contributed by atoms with Crippen LogP contribution in [0.3, 0.4) is 0 Å². The van der Waals surface area contributed by atoms with Gasteiger partial charge >= 0.3 is 0 Å². The van der Waals surface area contributed by atoms with E-state index < -0.39 is 6.10 Å². The van der Waals surface area contributed by atoms with Crippen LogP contribution in [0.4, 0.5) is 0 Å². The molecule has 2 aromatic carbocycles. The number of hydrogen-bond acceptors (Lipinski definition) is 4. The first-order valence-corrected chi connectivity index (χ1v) is 9.60. The van der Waals surface area contributed by atoms with Crippen LogP contribution in [0.1, 0.15) is 44.4 Å². The van der Waals surface area contributed by atoms with Gasteiger partial charge in [-0.05, 0) is 34.6 Å². The topological polar surface area (TPSA) is 41.9 Å². The third-order valence-corrected chi connectivity index (χ3v) is 5.89. The van der Waals surface area contributed by atoms with E-state index in [1.54, 1.807) is 0 Å². The molecule has 0 spiro atoms. The summed E-state index contributed by atoms with van der Waals surface area (Å²) in [4.78, 5) is 19.9. The normalized spacial score (nSPS) is 22.0. The van der Waals surface area contributed by atoms with Crippen LogP contribution in [0, 0.1) is 5.41 Å². The summed E-state index contributed by atoms with van der Waals surface area (Å²) in [6.07, 6.45) is -0.0514. The highest BCUT2D eigenvalue weighted by Gasteiger charge is 2.45. The van der Waals surface area contributed by atoms with Gasteiger partial charge in [0.15, 0.2) is 0 Å². The molecule has 0 aromatic heterocycles. The molecule has 5 heteroatoms. The van der Waals surface area contributed by atoms with Gasteiger partial charge in [0.25, 0.3) is 5.91 Å². The maximum absolute atomic E-state index is 13.3. The zero-order valence-electron chi connectivity index (χ0n) is 15.2. The number of carbonyl (C=O) groups excluding carboxylic acids is 1. The minimum atomic E-state index is -0.558. The number of hydrogen-bond donors (Lipinski definition) is 0. The SMILES string of the molecule is CC(C)(C)[C@H]1c2ccccc2SN1C(=O)C1CC(c2ccccc2)=NO1. The quantitative estimate of drug-likeness (QED) is 0.716. The average molecular weight is 366 g/mol. The van der Waals surface area contributed by atoms with E-state index in [1.807, 2.05) is 46.8 Å². The van der Waals surface area contributed by atoms with Crippen molar-refractivity contribution in [2.75, 3.05) is 0 Å².